The molecule has 0 aromatic heterocycles. The second kappa shape index (κ2) is 12.7. The standard InChI is InChI=1S/C31H28ClN3O7/c1-17(2)41-30(39)20-10-14-23(15-11-20)34-27(36)19-8-12-22(13-9-19)33-26-25(32)28(37)35(29(26)38)24-7-5-6-21(16-24)31(40)42-18(3)4/h5-18,33H,1-4H3,(H,34,36). The van der Waals surface area contributed by atoms with E-state index in [4.69, 9.17) is 21.1 Å². The molecule has 0 bridgehead atoms. The molecule has 0 saturated heterocycles. The number of carbonyl (C=O) groups is 5. The first kappa shape index (κ1) is 30.0. The van der Waals surface area contributed by atoms with E-state index in [9.17, 15) is 24.0 Å². The molecule has 42 heavy (non-hydrogen) atoms. The van der Waals surface area contributed by atoms with Crippen LogP contribution in [0, 0.1) is 0 Å². The van der Waals surface area contributed by atoms with Gasteiger partial charge in [-0.25, -0.2) is 14.5 Å². The molecule has 3 amide bonds. The fraction of sp³-hybridized carbons (Fsp3) is 0.194. The first-order chi connectivity index (χ1) is 19.9. The van der Waals surface area contributed by atoms with E-state index in [1.807, 2.05) is 0 Å². The number of nitrogens with zero attached hydrogens (tertiary/aromatic N) is 1. The van der Waals surface area contributed by atoms with Crippen molar-refractivity contribution in [2.75, 3.05) is 15.5 Å². The highest BCUT2D eigenvalue weighted by atomic mass is 35.5. The van der Waals surface area contributed by atoms with Crippen molar-refractivity contribution in [2.45, 2.75) is 39.9 Å². The maximum Gasteiger partial charge on any atom is 0.338 e. The van der Waals surface area contributed by atoms with E-state index < -0.39 is 29.7 Å². The average molecular weight is 590 g/mol. The predicted molar refractivity (Wildman–Crippen MR) is 157 cm³/mol. The van der Waals surface area contributed by atoms with Crippen molar-refractivity contribution in [1.29, 1.82) is 0 Å². The molecule has 3 aromatic carbocycles. The number of rotatable bonds is 9. The molecule has 3 aromatic rings. The third-order valence-corrected chi connectivity index (χ3v) is 6.20. The zero-order valence-electron chi connectivity index (χ0n) is 23.3. The third kappa shape index (κ3) is 6.84. The van der Waals surface area contributed by atoms with Crippen molar-refractivity contribution in [1.82, 2.24) is 0 Å². The quantitative estimate of drug-likeness (QED) is 0.247. The maximum absolute atomic E-state index is 13.2. The van der Waals surface area contributed by atoms with Gasteiger partial charge >= 0.3 is 11.9 Å². The summed E-state index contributed by atoms with van der Waals surface area (Å²) in [6.07, 6.45) is -0.583. The summed E-state index contributed by atoms with van der Waals surface area (Å²) in [5.74, 6) is -2.90. The van der Waals surface area contributed by atoms with Crippen molar-refractivity contribution in [3.8, 4) is 0 Å². The summed E-state index contributed by atoms with van der Waals surface area (Å²) in [5, 5.41) is 5.27. The van der Waals surface area contributed by atoms with Crippen molar-refractivity contribution in [2.24, 2.45) is 0 Å². The first-order valence-electron chi connectivity index (χ1n) is 13.0. The van der Waals surface area contributed by atoms with Gasteiger partial charge in [0.2, 0.25) is 0 Å². The largest absolute Gasteiger partial charge is 0.459 e. The molecule has 4 rings (SSSR count). The van der Waals surface area contributed by atoms with Gasteiger partial charge in [-0.2, -0.15) is 0 Å². The molecule has 0 radical (unpaired) electrons. The SMILES string of the molecule is CC(C)OC(=O)c1ccc(NC(=O)c2ccc(NC3=C(Cl)C(=O)N(c4cccc(C(=O)OC(C)C)c4)C3=O)cc2)cc1. The Labute approximate surface area is 247 Å². The number of hydrogen-bond acceptors (Lipinski definition) is 8. The van der Waals surface area contributed by atoms with Crippen LogP contribution in [-0.2, 0) is 19.1 Å². The van der Waals surface area contributed by atoms with Crippen LogP contribution in [0.1, 0.15) is 58.8 Å². The van der Waals surface area contributed by atoms with E-state index in [1.165, 1.54) is 36.4 Å². The number of esters is 2. The van der Waals surface area contributed by atoms with Crippen LogP contribution < -0.4 is 15.5 Å². The minimum atomic E-state index is -0.752. The highest BCUT2D eigenvalue weighted by Crippen LogP contribution is 2.31. The fourth-order valence-electron chi connectivity index (χ4n) is 3.92. The van der Waals surface area contributed by atoms with Gasteiger partial charge in [0.05, 0.1) is 29.0 Å². The summed E-state index contributed by atoms with van der Waals surface area (Å²) in [5.41, 5.74) is 1.77. The minimum absolute atomic E-state index is 0.148. The van der Waals surface area contributed by atoms with Crippen molar-refractivity contribution in [3.63, 3.8) is 0 Å². The number of imide groups is 1. The number of hydrogen-bond donors (Lipinski definition) is 2. The van der Waals surface area contributed by atoms with Gasteiger partial charge in [0.25, 0.3) is 17.7 Å². The number of halogens is 1. The number of ether oxygens (including phenoxy) is 2. The van der Waals surface area contributed by atoms with Crippen molar-refractivity contribution < 1.29 is 33.4 Å². The van der Waals surface area contributed by atoms with E-state index >= 15 is 0 Å². The van der Waals surface area contributed by atoms with Crippen LogP contribution in [0.3, 0.4) is 0 Å². The summed E-state index contributed by atoms with van der Waals surface area (Å²) in [6.45, 7) is 6.94. The molecular formula is C31H28ClN3O7. The number of amides is 3. The van der Waals surface area contributed by atoms with Gasteiger partial charge in [-0.05, 0) is 94.4 Å². The summed E-state index contributed by atoms with van der Waals surface area (Å²) in [4.78, 5) is 63.9. The topological polar surface area (TPSA) is 131 Å². The Morgan fingerprint density at radius 1 is 0.714 bits per heavy atom. The van der Waals surface area contributed by atoms with Crippen LogP contribution in [0.15, 0.2) is 83.5 Å². The minimum Gasteiger partial charge on any atom is -0.459 e. The lowest BCUT2D eigenvalue weighted by Crippen LogP contribution is -2.32. The second-order valence-corrected chi connectivity index (χ2v) is 10.2. The van der Waals surface area contributed by atoms with E-state index in [1.54, 1.807) is 64.1 Å². The Morgan fingerprint density at radius 2 is 1.26 bits per heavy atom. The number of nitrogens with one attached hydrogen (secondary N) is 2. The summed E-state index contributed by atoms with van der Waals surface area (Å²) < 4.78 is 10.3. The highest BCUT2D eigenvalue weighted by Gasteiger charge is 2.39. The van der Waals surface area contributed by atoms with E-state index in [-0.39, 0.29) is 34.2 Å². The molecule has 1 heterocycles. The molecule has 216 valence electrons. The maximum atomic E-state index is 13.2. The van der Waals surface area contributed by atoms with E-state index in [2.05, 4.69) is 10.6 Å². The monoisotopic (exact) mass is 589 g/mol. The Hall–Kier alpha value is -4.96. The molecular weight excluding hydrogens is 562 g/mol. The number of anilines is 3. The average Bonchev–Trinajstić information content (AvgIpc) is 3.16. The summed E-state index contributed by atoms with van der Waals surface area (Å²) in [7, 11) is 0. The molecule has 1 aliphatic heterocycles. The van der Waals surface area contributed by atoms with Gasteiger partial charge in [-0.15, -0.1) is 0 Å². The van der Waals surface area contributed by atoms with E-state index in [0.717, 1.165) is 4.90 Å². The van der Waals surface area contributed by atoms with Crippen molar-refractivity contribution >= 4 is 58.3 Å². The lowest BCUT2D eigenvalue weighted by molar-refractivity contribution is -0.120. The fourth-order valence-corrected chi connectivity index (χ4v) is 4.14. The van der Waals surface area contributed by atoms with Gasteiger partial charge < -0.3 is 20.1 Å². The molecule has 0 saturated carbocycles. The van der Waals surface area contributed by atoms with Gasteiger partial charge in [0, 0.05) is 16.9 Å². The lowest BCUT2D eigenvalue weighted by Gasteiger charge is -2.16. The van der Waals surface area contributed by atoms with Crippen LogP contribution in [-0.4, -0.2) is 41.9 Å². The Balaban J connectivity index is 1.42. The highest BCUT2D eigenvalue weighted by molar-refractivity contribution is 6.53. The van der Waals surface area contributed by atoms with Crippen LogP contribution >= 0.6 is 11.6 Å². The van der Waals surface area contributed by atoms with Crippen LogP contribution in [0.4, 0.5) is 17.1 Å². The number of carbonyl (C=O) groups excluding carboxylic acids is 5. The van der Waals surface area contributed by atoms with Crippen molar-refractivity contribution in [3.05, 3.63) is 100 Å². The van der Waals surface area contributed by atoms with Gasteiger partial charge in [0.15, 0.2) is 0 Å². The molecule has 0 atom stereocenters. The smallest absolute Gasteiger partial charge is 0.338 e. The van der Waals surface area contributed by atoms with Crippen LogP contribution in [0.5, 0.6) is 0 Å². The zero-order valence-corrected chi connectivity index (χ0v) is 24.0. The predicted octanol–water partition coefficient (Wildman–Crippen LogP) is 5.51. The Morgan fingerprint density at radius 3 is 1.86 bits per heavy atom. The molecule has 0 fully saturated rings. The number of benzene rings is 3. The van der Waals surface area contributed by atoms with Gasteiger partial charge in [-0.3, -0.25) is 14.4 Å². The first-order valence-corrected chi connectivity index (χ1v) is 13.4. The molecule has 10 nitrogen and oxygen atoms in total. The molecule has 2 N–H and O–H groups in total. The van der Waals surface area contributed by atoms with Gasteiger partial charge in [-0.1, -0.05) is 17.7 Å². The van der Waals surface area contributed by atoms with E-state index in [0.29, 0.717) is 22.5 Å². The summed E-state index contributed by atoms with van der Waals surface area (Å²) >= 11 is 6.24. The molecule has 11 heteroatoms. The Bertz CT molecular complexity index is 1580. The zero-order chi connectivity index (χ0) is 30.6. The van der Waals surface area contributed by atoms with Gasteiger partial charge in [0.1, 0.15) is 10.7 Å². The second-order valence-electron chi connectivity index (χ2n) is 9.83. The normalized spacial score (nSPS) is 13.1. The molecule has 1 aliphatic rings. The summed E-state index contributed by atoms with van der Waals surface area (Å²) in [6, 6.07) is 18.4. The van der Waals surface area contributed by atoms with Crippen LogP contribution in [0.25, 0.3) is 0 Å². The lowest BCUT2D eigenvalue weighted by atomic mass is 10.1. The van der Waals surface area contributed by atoms with Crippen LogP contribution in [0.2, 0.25) is 0 Å². The third-order valence-electron chi connectivity index (χ3n) is 5.85. The molecule has 0 spiro atoms. The Kier molecular flexibility index (Phi) is 9.07. The molecule has 0 unspecified atom stereocenters. The molecule has 0 aliphatic carbocycles.